The second-order valence-corrected chi connectivity index (χ2v) is 14.7. The zero-order valence-corrected chi connectivity index (χ0v) is 33.4. The molecule has 1 heterocycles. The Morgan fingerprint density at radius 3 is 1.32 bits per heavy atom. The van der Waals surface area contributed by atoms with Crippen molar-refractivity contribution in [3.8, 4) is 0 Å². The summed E-state index contributed by atoms with van der Waals surface area (Å²) in [5.74, 6) is 1.41. The van der Waals surface area contributed by atoms with Crippen LogP contribution in [-0.2, 0) is 29.3 Å². The minimum absolute atomic E-state index is 0.207. The summed E-state index contributed by atoms with van der Waals surface area (Å²) in [6.07, 6.45) is 20.7. The monoisotopic (exact) mass is 727 g/mol. The molecule has 0 fully saturated rings. The topological polar surface area (TPSA) is 46.2 Å². The van der Waals surface area contributed by atoms with Crippen LogP contribution in [0.5, 0.6) is 0 Å². The third kappa shape index (κ3) is 13.9. The van der Waals surface area contributed by atoms with Crippen molar-refractivity contribution in [3.05, 3.63) is 119 Å². The standard InChI is InChI=1S/C48H70O5/c1-4-7-10-13-16-28-37-49-45-44(53-47(51-39-30-18-15-12-9-6-3)46(45)50-38-29-17-14-11-8-5-2)40-52-48(41-31-22-19-23-32-41,42-33-24-20-25-34-42)43-35-26-21-27-36-43/h19-27,31-36,46-47H,4-18,28-30,37-40H2,1-3H3/t46?,47-/m0/s1. The highest BCUT2D eigenvalue weighted by molar-refractivity contribution is 5.47. The fourth-order valence-electron chi connectivity index (χ4n) is 7.27. The number of unbranched alkanes of at least 4 members (excludes halogenated alkanes) is 15. The molecule has 53 heavy (non-hydrogen) atoms. The molecule has 292 valence electrons. The molecule has 3 aromatic carbocycles. The van der Waals surface area contributed by atoms with Gasteiger partial charge in [0.05, 0.1) is 13.2 Å². The fourth-order valence-corrected chi connectivity index (χ4v) is 7.27. The first-order valence-corrected chi connectivity index (χ1v) is 21.3. The van der Waals surface area contributed by atoms with E-state index in [4.69, 9.17) is 23.7 Å². The van der Waals surface area contributed by atoms with E-state index in [2.05, 4.69) is 112 Å². The summed E-state index contributed by atoms with van der Waals surface area (Å²) in [6, 6.07) is 31.6. The first-order valence-electron chi connectivity index (χ1n) is 21.3. The molecule has 5 nitrogen and oxygen atoms in total. The van der Waals surface area contributed by atoms with E-state index in [1.165, 1.54) is 77.0 Å². The number of hydrogen-bond acceptors (Lipinski definition) is 5. The van der Waals surface area contributed by atoms with Gasteiger partial charge in [-0.25, -0.2) is 0 Å². The lowest BCUT2D eigenvalue weighted by molar-refractivity contribution is -0.169. The van der Waals surface area contributed by atoms with Gasteiger partial charge < -0.3 is 23.7 Å². The number of ether oxygens (including phenoxy) is 5. The van der Waals surface area contributed by atoms with E-state index >= 15 is 0 Å². The second kappa shape index (κ2) is 25.8. The van der Waals surface area contributed by atoms with Gasteiger partial charge in [0.1, 0.15) is 12.2 Å². The average molecular weight is 727 g/mol. The van der Waals surface area contributed by atoms with Crippen LogP contribution in [0.1, 0.15) is 153 Å². The van der Waals surface area contributed by atoms with E-state index < -0.39 is 18.0 Å². The lowest BCUT2D eigenvalue weighted by Crippen LogP contribution is -2.34. The number of benzene rings is 3. The summed E-state index contributed by atoms with van der Waals surface area (Å²) >= 11 is 0. The van der Waals surface area contributed by atoms with Crippen LogP contribution in [0.2, 0.25) is 0 Å². The van der Waals surface area contributed by atoms with Crippen molar-refractivity contribution in [1.82, 2.24) is 0 Å². The van der Waals surface area contributed by atoms with Gasteiger partial charge >= 0.3 is 0 Å². The first-order chi connectivity index (χ1) is 26.2. The molecule has 0 aliphatic carbocycles. The number of hydrogen-bond donors (Lipinski definition) is 0. The highest BCUT2D eigenvalue weighted by Gasteiger charge is 2.43. The van der Waals surface area contributed by atoms with E-state index in [1.807, 2.05) is 0 Å². The summed E-state index contributed by atoms with van der Waals surface area (Å²) in [4.78, 5) is 0. The maximum absolute atomic E-state index is 7.26. The van der Waals surface area contributed by atoms with Crippen LogP contribution in [0.3, 0.4) is 0 Å². The predicted molar refractivity (Wildman–Crippen MR) is 219 cm³/mol. The van der Waals surface area contributed by atoms with Crippen molar-refractivity contribution in [2.45, 2.75) is 154 Å². The van der Waals surface area contributed by atoms with E-state index in [0.29, 0.717) is 25.6 Å². The van der Waals surface area contributed by atoms with Gasteiger partial charge in [0.2, 0.25) is 6.29 Å². The Hall–Kier alpha value is -3.12. The van der Waals surface area contributed by atoms with Crippen LogP contribution >= 0.6 is 0 Å². The Morgan fingerprint density at radius 1 is 0.472 bits per heavy atom. The highest BCUT2D eigenvalue weighted by Crippen LogP contribution is 2.42. The van der Waals surface area contributed by atoms with Crippen LogP contribution in [0.25, 0.3) is 0 Å². The van der Waals surface area contributed by atoms with Crippen molar-refractivity contribution >= 4 is 0 Å². The van der Waals surface area contributed by atoms with E-state index in [-0.39, 0.29) is 6.61 Å². The van der Waals surface area contributed by atoms with Crippen LogP contribution in [0.4, 0.5) is 0 Å². The third-order valence-corrected chi connectivity index (χ3v) is 10.3. The van der Waals surface area contributed by atoms with Gasteiger partial charge in [0.15, 0.2) is 17.6 Å². The largest absolute Gasteiger partial charge is 0.491 e. The summed E-state index contributed by atoms with van der Waals surface area (Å²) in [7, 11) is 0. The molecule has 1 aliphatic rings. The SMILES string of the molecule is CCCCCCCCOC1=C(COC(c2ccccc2)(c2ccccc2)c2ccccc2)O[C@H](OCCCCCCCC)C1OCCCCCCCC. The summed E-state index contributed by atoms with van der Waals surface area (Å²) in [5.41, 5.74) is 2.28. The van der Waals surface area contributed by atoms with Crippen molar-refractivity contribution < 1.29 is 23.7 Å². The van der Waals surface area contributed by atoms with Crippen LogP contribution in [0, 0.1) is 0 Å². The molecular formula is C48H70O5. The molecule has 0 saturated heterocycles. The Kier molecular flexibility index (Phi) is 20.8. The normalized spacial score (nSPS) is 15.9. The maximum atomic E-state index is 7.26. The van der Waals surface area contributed by atoms with Gasteiger partial charge in [0.25, 0.3) is 0 Å². The average Bonchev–Trinajstić information content (AvgIpc) is 3.53. The molecule has 2 atom stereocenters. The van der Waals surface area contributed by atoms with Crippen molar-refractivity contribution in [2.75, 3.05) is 26.4 Å². The summed E-state index contributed by atoms with van der Waals surface area (Å²) < 4.78 is 33.9. The van der Waals surface area contributed by atoms with Crippen molar-refractivity contribution in [2.24, 2.45) is 0 Å². The van der Waals surface area contributed by atoms with E-state index in [9.17, 15) is 0 Å². The molecule has 0 amide bonds. The summed E-state index contributed by atoms with van der Waals surface area (Å²) in [5, 5.41) is 0. The van der Waals surface area contributed by atoms with Crippen LogP contribution in [-0.4, -0.2) is 38.8 Å². The van der Waals surface area contributed by atoms with Gasteiger partial charge in [-0.3, -0.25) is 0 Å². The quantitative estimate of drug-likeness (QED) is 0.0505. The summed E-state index contributed by atoms with van der Waals surface area (Å²) in [6.45, 7) is 8.90. The van der Waals surface area contributed by atoms with Gasteiger partial charge in [0, 0.05) is 6.61 Å². The fraction of sp³-hybridized carbons (Fsp3) is 0.583. The molecule has 0 N–H and O–H groups in total. The minimum Gasteiger partial charge on any atom is -0.491 e. The van der Waals surface area contributed by atoms with Gasteiger partial charge in [-0.15, -0.1) is 0 Å². The van der Waals surface area contributed by atoms with Gasteiger partial charge in [-0.1, -0.05) is 208 Å². The lowest BCUT2D eigenvalue weighted by atomic mass is 9.80. The van der Waals surface area contributed by atoms with Gasteiger partial charge in [-0.05, 0) is 36.0 Å². The zero-order chi connectivity index (χ0) is 37.2. The van der Waals surface area contributed by atoms with Crippen molar-refractivity contribution in [1.29, 1.82) is 0 Å². The maximum Gasteiger partial charge on any atom is 0.233 e. The van der Waals surface area contributed by atoms with Crippen LogP contribution < -0.4 is 0 Å². The second-order valence-electron chi connectivity index (χ2n) is 14.7. The molecule has 1 unspecified atom stereocenters. The lowest BCUT2D eigenvalue weighted by Gasteiger charge is -2.36. The molecular weight excluding hydrogens is 657 g/mol. The molecule has 0 radical (unpaired) electrons. The minimum atomic E-state index is -0.878. The van der Waals surface area contributed by atoms with E-state index in [1.54, 1.807) is 0 Å². The Labute approximate surface area is 322 Å². The molecule has 4 rings (SSSR count). The highest BCUT2D eigenvalue weighted by atomic mass is 16.7. The molecule has 0 aromatic heterocycles. The molecule has 3 aromatic rings. The number of rotatable bonds is 30. The predicted octanol–water partition coefficient (Wildman–Crippen LogP) is 13.1. The molecule has 0 saturated carbocycles. The Balaban J connectivity index is 1.61. The van der Waals surface area contributed by atoms with Crippen molar-refractivity contribution in [3.63, 3.8) is 0 Å². The smallest absolute Gasteiger partial charge is 0.233 e. The molecule has 0 bridgehead atoms. The zero-order valence-electron chi connectivity index (χ0n) is 33.4. The molecule has 1 aliphatic heterocycles. The third-order valence-electron chi connectivity index (χ3n) is 10.3. The van der Waals surface area contributed by atoms with Gasteiger partial charge in [-0.2, -0.15) is 0 Å². The van der Waals surface area contributed by atoms with E-state index in [0.717, 1.165) is 61.0 Å². The molecule has 0 spiro atoms. The Morgan fingerprint density at radius 2 is 0.868 bits per heavy atom. The first kappa shape index (κ1) is 42.6. The molecule has 5 heteroatoms. The van der Waals surface area contributed by atoms with Crippen LogP contribution in [0.15, 0.2) is 103 Å². The Bertz CT molecular complexity index is 1260.